The van der Waals surface area contributed by atoms with Crippen molar-refractivity contribution in [3.05, 3.63) is 24.0 Å². The number of nitrogen functional groups attached to an aromatic ring is 1. The van der Waals surface area contributed by atoms with Crippen LogP contribution in [0.2, 0.25) is 0 Å². The Hall–Kier alpha value is -1.51. The van der Waals surface area contributed by atoms with Gasteiger partial charge in [-0.05, 0) is 6.07 Å². The van der Waals surface area contributed by atoms with Crippen LogP contribution in [-0.4, -0.2) is 44.5 Å². The SMILES string of the molecule is Nc1nn2cccnc2c1C(=O)O.[LiH]. The van der Waals surface area contributed by atoms with Crippen LogP contribution < -0.4 is 5.73 Å². The number of aromatic carboxylic acids is 1. The van der Waals surface area contributed by atoms with E-state index in [0.29, 0.717) is 0 Å². The van der Waals surface area contributed by atoms with Crippen molar-refractivity contribution in [1.82, 2.24) is 14.6 Å². The molecule has 0 aliphatic heterocycles. The Morgan fingerprint density at radius 2 is 2.29 bits per heavy atom. The van der Waals surface area contributed by atoms with Crippen molar-refractivity contribution in [3.8, 4) is 0 Å². The van der Waals surface area contributed by atoms with Crippen molar-refractivity contribution in [1.29, 1.82) is 0 Å². The molecule has 14 heavy (non-hydrogen) atoms. The zero-order chi connectivity index (χ0) is 9.42. The number of nitrogens with zero attached hydrogens (tertiary/aromatic N) is 3. The molecule has 0 amide bonds. The molecule has 0 aromatic carbocycles. The van der Waals surface area contributed by atoms with E-state index >= 15 is 0 Å². The van der Waals surface area contributed by atoms with E-state index in [2.05, 4.69) is 10.1 Å². The Balaban J connectivity index is 0.000000980. The van der Waals surface area contributed by atoms with Crippen molar-refractivity contribution >= 4 is 36.3 Å². The molecule has 2 heterocycles. The third-order valence-corrected chi connectivity index (χ3v) is 1.64. The average Bonchev–Trinajstić information content (AvgIpc) is 2.39. The summed E-state index contributed by atoms with van der Waals surface area (Å²) < 4.78 is 1.33. The van der Waals surface area contributed by atoms with E-state index in [1.807, 2.05) is 0 Å². The van der Waals surface area contributed by atoms with Crippen molar-refractivity contribution in [2.24, 2.45) is 0 Å². The fourth-order valence-electron chi connectivity index (χ4n) is 1.11. The third-order valence-electron chi connectivity index (χ3n) is 1.64. The molecule has 0 saturated carbocycles. The number of carboxylic acid groups (broad SMARTS) is 1. The molecule has 6 nitrogen and oxygen atoms in total. The molecule has 7 heteroatoms. The van der Waals surface area contributed by atoms with Crippen LogP contribution >= 0.6 is 0 Å². The van der Waals surface area contributed by atoms with E-state index in [9.17, 15) is 4.79 Å². The summed E-state index contributed by atoms with van der Waals surface area (Å²) in [5.41, 5.74) is 5.60. The molecule has 0 radical (unpaired) electrons. The second-order valence-electron chi connectivity index (χ2n) is 2.45. The van der Waals surface area contributed by atoms with E-state index < -0.39 is 5.97 Å². The molecule has 0 unspecified atom stereocenters. The van der Waals surface area contributed by atoms with E-state index in [1.54, 1.807) is 12.3 Å². The van der Waals surface area contributed by atoms with Crippen molar-refractivity contribution < 1.29 is 9.90 Å². The average molecular weight is 186 g/mol. The number of nitrogens with two attached hydrogens (primary N) is 1. The number of aromatic nitrogens is 3. The maximum absolute atomic E-state index is 10.7. The molecule has 3 N–H and O–H groups in total. The monoisotopic (exact) mass is 186 g/mol. The second-order valence-corrected chi connectivity index (χ2v) is 2.45. The normalized spacial score (nSPS) is 9.71. The van der Waals surface area contributed by atoms with Crippen LogP contribution in [0.25, 0.3) is 5.65 Å². The van der Waals surface area contributed by atoms with Crippen molar-refractivity contribution in [3.63, 3.8) is 0 Å². The summed E-state index contributed by atoms with van der Waals surface area (Å²) in [5.74, 6) is -1.14. The Bertz CT molecular complexity index is 481. The van der Waals surface area contributed by atoms with Crippen molar-refractivity contribution in [2.45, 2.75) is 0 Å². The minimum absolute atomic E-state index is 0. The van der Waals surface area contributed by atoms with Gasteiger partial charge in [-0.25, -0.2) is 14.3 Å². The summed E-state index contributed by atoms with van der Waals surface area (Å²) >= 11 is 0. The Labute approximate surface area is 90.9 Å². The first kappa shape index (κ1) is 10.6. The van der Waals surface area contributed by atoms with E-state index in [1.165, 1.54) is 10.7 Å². The second kappa shape index (κ2) is 3.70. The summed E-state index contributed by atoms with van der Waals surface area (Å²) in [4.78, 5) is 14.6. The molecule has 0 aliphatic carbocycles. The number of fused-ring (bicyclic) bond motifs is 1. The summed E-state index contributed by atoms with van der Waals surface area (Å²) in [6.45, 7) is 0. The molecule has 0 fully saturated rings. The molecule has 0 spiro atoms. The van der Waals surface area contributed by atoms with Crippen LogP contribution in [0.4, 0.5) is 5.82 Å². The minimum atomic E-state index is -1.12. The van der Waals surface area contributed by atoms with Crippen LogP contribution in [0.15, 0.2) is 18.5 Å². The molecule has 0 saturated heterocycles. The van der Waals surface area contributed by atoms with Gasteiger partial charge in [-0.1, -0.05) is 0 Å². The van der Waals surface area contributed by atoms with Gasteiger partial charge in [0.25, 0.3) is 0 Å². The molecule has 2 rings (SSSR count). The molecule has 0 bridgehead atoms. The summed E-state index contributed by atoms with van der Waals surface area (Å²) in [6.07, 6.45) is 3.08. The first-order valence-corrected chi connectivity index (χ1v) is 3.52. The van der Waals surface area contributed by atoms with E-state index in [-0.39, 0.29) is 35.9 Å². The van der Waals surface area contributed by atoms with Crippen LogP contribution in [-0.2, 0) is 0 Å². The van der Waals surface area contributed by atoms with Gasteiger partial charge in [0.15, 0.2) is 11.5 Å². The Morgan fingerprint density at radius 3 is 2.93 bits per heavy atom. The summed E-state index contributed by atoms with van der Waals surface area (Å²) in [5, 5.41) is 12.6. The zero-order valence-corrected chi connectivity index (χ0v) is 6.51. The van der Waals surface area contributed by atoms with Gasteiger partial charge in [0.05, 0.1) is 0 Å². The Kier molecular flexibility index (Phi) is 2.79. The molecular weight excluding hydrogens is 179 g/mol. The van der Waals surface area contributed by atoms with Crippen molar-refractivity contribution in [2.75, 3.05) is 5.73 Å². The number of carboxylic acids is 1. The van der Waals surface area contributed by atoms with Crippen LogP contribution in [0.1, 0.15) is 10.4 Å². The Morgan fingerprint density at radius 1 is 1.57 bits per heavy atom. The fraction of sp³-hybridized carbons (Fsp3) is 0. The fourth-order valence-corrected chi connectivity index (χ4v) is 1.11. The van der Waals surface area contributed by atoms with Gasteiger partial charge in [-0.2, -0.15) is 0 Å². The first-order chi connectivity index (χ1) is 6.20. The van der Waals surface area contributed by atoms with E-state index in [4.69, 9.17) is 10.8 Å². The van der Waals surface area contributed by atoms with Crippen LogP contribution in [0.5, 0.6) is 0 Å². The predicted molar refractivity (Wildman–Crippen MR) is 51.5 cm³/mol. The number of carbonyl (C=O) groups is 1. The van der Waals surface area contributed by atoms with Gasteiger partial charge < -0.3 is 10.8 Å². The number of hydrogen-bond acceptors (Lipinski definition) is 4. The van der Waals surface area contributed by atoms with Crippen LogP contribution in [0.3, 0.4) is 0 Å². The molecule has 2 aromatic heterocycles. The maximum atomic E-state index is 10.7. The molecule has 2 aromatic rings. The van der Waals surface area contributed by atoms with Gasteiger partial charge in [0, 0.05) is 12.4 Å². The summed E-state index contributed by atoms with van der Waals surface area (Å²) in [6, 6.07) is 1.64. The standard InChI is InChI=1S/C7H6N4O2.Li.H/c8-5-4(7(12)13)6-9-2-1-3-11(6)10-5;;/h1-3H,(H2,8,10)(H,12,13);;. The van der Waals surface area contributed by atoms with Gasteiger partial charge in [-0.3, -0.25) is 0 Å². The predicted octanol–water partition coefficient (Wildman–Crippen LogP) is -0.639. The van der Waals surface area contributed by atoms with Gasteiger partial charge in [0.2, 0.25) is 0 Å². The van der Waals surface area contributed by atoms with Gasteiger partial charge >= 0.3 is 24.8 Å². The zero-order valence-electron chi connectivity index (χ0n) is 6.51. The summed E-state index contributed by atoms with van der Waals surface area (Å²) in [7, 11) is 0. The molecule has 0 aliphatic rings. The first-order valence-electron chi connectivity index (χ1n) is 3.52. The molecular formula is C7H7LiN4O2. The van der Waals surface area contributed by atoms with Gasteiger partial charge in [0.1, 0.15) is 5.56 Å². The third kappa shape index (κ3) is 1.45. The number of rotatable bonds is 1. The molecule has 68 valence electrons. The quantitative estimate of drug-likeness (QED) is 0.578. The number of hydrogen-bond donors (Lipinski definition) is 2. The van der Waals surface area contributed by atoms with Gasteiger partial charge in [-0.15, -0.1) is 5.10 Å². The number of anilines is 1. The topological polar surface area (TPSA) is 93.5 Å². The van der Waals surface area contributed by atoms with E-state index in [0.717, 1.165) is 0 Å². The van der Waals surface area contributed by atoms with Crippen LogP contribution in [0, 0.1) is 0 Å². The molecule has 0 atom stereocenters.